The Morgan fingerprint density at radius 3 is 2.43 bits per heavy atom. The first-order valence-electron chi connectivity index (χ1n) is 12.2. The largest absolute Gasteiger partial charge is 0.308 e. The van der Waals surface area contributed by atoms with E-state index in [1.54, 1.807) is 4.68 Å². The van der Waals surface area contributed by atoms with E-state index in [2.05, 4.69) is 61.9 Å². The van der Waals surface area contributed by atoms with Crippen LogP contribution in [0.3, 0.4) is 0 Å². The minimum absolute atomic E-state index is 0.219. The summed E-state index contributed by atoms with van der Waals surface area (Å²) in [5.41, 5.74) is 4.23. The predicted octanol–water partition coefficient (Wildman–Crippen LogP) is 5.72. The van der Waals surface area contributed by atoms with Gasteiger partial charge in [0.1, 0.15) is 5.82 Å². The van der Waals surface area contributed by atoms with Crippen molar-refractivity contribution >= 4 is 0 Å². The number of nitrogens with one attached hydrogen (secondary N) is 1. The molecule has 9 heteroatoms. The molecule has 0 fully saturated rings. The molecule has 0 aliphatic heterocycles. The molecule has 0 saturated heterocycles. The maximum Gasteiger partial charge on any atom is 0.308 e. The van der Waals surface area contributed by atoms with Gasteiger partial charge in [-0.05, 0) is 52.4 Å². The molecule has 0 bridgehead atoms. The SMILES string of the molecule is CCCCc1nc(C(F)(F)CCCC)nn1Cc1ccc(Cc2cccc(-c3nnn[nH]3)c2)cc1. The number of aromatic amines is 1. The molecular formula is C26H31F2N7. The molecule has 2 heterocycles. The molecule has 0 aliphatic rings. The fourth-order valence-corrected chi connectivity index (χ4v) is 3.97. The van der Waals surface area contributed by atoms with Crippen LogP contribution in [-0.4, -0.2) is 35.4 Å². The molecular weight excluding hydrogens is 448 g/mol. The summed E-state index contributed by atoms with van der Waals surface area (Å²) in [6.45, 7) is 4.40. The molecule has 2 aromatic carbocycles. The molecule has 0 saturated carbocycles. The summed E-state index contributed by atoms with van der Waals surface area (Å²) in [7, 11) is 0. The van der Waals surface area contributed by atoms with Gasteiger partial charge in [-0.25, -0.2) is 14.8 Å². The number of H-pyrrole nitrogens is 1. The summed E-state index contributed by atoms with van der Waals surface area (Å²) in [6.07, 6.45) is 4.21. The highest BCUT2D eigenvalue weighted by Crippen LogP contribution is 2.31. The molecule has 4 aromatic rings. The summed E-state index contributed by atoms with van der Waals surface area (Å²) >= 11 is 0. The standard InChI is InChI=1S/C26H31F2N7/c1-3-5-10-23-29-25(26(27,28)15-6-4-2)32-35(23)18-20-13-11-19(12-14-20)16-21-8-7-9-22(17-21)24-30-33-34-31-24/h7-9,11-14,17H,3-6,10,15-16,18H2,1-2H3,(H,30,31,33,34). The molecule has 184 valence electrons. The van der Waals surface area contributed by atoms with E-state index in [1.165, 1.54) is 0 Å². The van der Waals surface area contributed by atoms with Gasteiger partial charge in [0.25, 0.3) is 0 Å². The van der Waals surface area contributed by atoms with E-state index < -0.39 is 5.92 Å². The summed E-state index contributed by atoms with van der Waals surface area (Å²) in [6, 6.07) is 16.3. The van der Waals surface area contributed by atoms with Crippen molar-refractivity contribution in [1.82, 2.24) is 35.4 Å². The van der Waals surface area contributed by atoms with Gasteiger partial charge in [0, 0.05) is 18.4 Å². The van der Waals surface area contributed by atoms with Gasteiger partial charge in [-0.2, -0.15) is 8.78 Å². The predicted molar refractivity (Wildman–Crippen MR) is 130 cm³/mol. The zero-order chi connectivity index (χ0) is 24.7. The average molecular weight is 480 g/mol. The Hall–Kier alpha value is -3.49. The maximum atomic E-state index is 14.6. The van der Waals surface area contributed by atoms with Crippen LogP contribution in [0.1, 0.15) is 74.3 Å². The molecule has 0 spiro atoms. The first-order valence-corrected chi connectivity index (χ1v) is 12.2. The Morgan fingerprint density at radius 2 is 1.71 bits per heavy atom. The number of nitrogens with zero attached hydrogens (tertiary/aromatic N) is 6. The van der Waals surface area contributed by atoms with Crippen LogP contribution >= 0.6 is 0 Å². The van der Waals surface area contributed by atoms with Crippen LogP contribution in [0.2, 0.25) is 0 Å². The third-order valence-electron chi connectivity index (χ3n) is 5.98. The zero-order valence-corrected chi connectivity index (χ0v) is 20.2. The van der Waals surface area contributed by atoms with Crippen LogP contribution in [0.15, 0.2) is 48.5 Å². The Balaban J connectivity index is 1.47. The molecule has 7 nitrogen and oxygen atoms in total. The molecule has 1 N–H and O–H groups in total. The van der Waals surface area contributed by atoms with Crippen LogP contribution in [0.4, 0.5) is 8.78 Å². The third kappa shape index (κ3) is 6.35. The number of aryl methyl sites for hydroxylation is 1. The van der Waals surface area contributed by atoms with Crippen molar-refractivity contribution in [2.24, 2.45) is 0 Å². The smallest absolute Gasteiger partial charge is 0.245 e. The van der Waals surface area contributed by atoms with E-state index in [4.69, 9.17) is 0 Å². The monoisotopic (exact) mass is 479 g/mol. The van der Waals surface area contributed by atoms with Crippen molar-refractivity contribution in [3.8, 4) is 11.4 Å². The van der Waals surface area contributed by atoms with Gasteiger partial charge >= 0.3 is 5.92 Å². The first-order chi connectivity index (χ1) is 17.0. The van der Waals surface area contributed by atoms with Crippen LogP contribution in [0.5, 0.6) is 0 Å². The number of benzene rings is 2. The molecule has 4 rings (SSSR count). The summed E-state index contributed by atoms with van der Waals surface area (Å²) in [4.78, 5) is 4.26. The summed E-state index contributed by atoms with van der Waals surface area (Å²) < 4.78 is 30.9. The Labute approximate surface area is 204 Å². The van der Waals surface area contributed by atoms with Crippen molar-refractivity contribution in [3.63, 3.8) is 0 Å². The fraction of sp³-hybridized carbons (Fsp3) is 0.423. The van der Waals surface area contributed by atoms with E-state index in [9.17, 15) is 8.78 Å². The topological polar surface area (TPSA) is 85.2 Å². The van der Waals surface area contributed by atoms with Gasteiger partial charge in [-0.3, -0.25) is 0 Å². The number of tetrazole rings is 1. The van der Waals surface area contributed by atoms with Crippen LogP contribution in [0.25, 0.3) is 11.4 Å². The lowest BCUT2D eigenvalue weighted by atomic mass is 10.0. The Kier molecular flexibility index (Phi) is 7.94. The highest BCUT2D eigenvalue weighted by Gasteiger charge is 2.36. The van der Waals surface area contributed by atoms with Gasteiger partial charge in [0.05, 0.1) is 6.54 Å². The van der Waals surface area contributed by atoms with Gasteiger partial charge < -0.3 is 0 Å². The van der Waals surface area contributed by atoms with Crippen LogP contribution in [0, 0.1) is 0 Å². The van der Waals surface area contributed by atoms with E-state index in [0.717, 1.165) is 41.5 Å². The lowest BCUT2D eigenvalue weighted by Crippen LogP contribution is -2.16. The van der Waals surface area contributed by atoms with Gasteiger partial charge in [-0.1, -0.05) is 69.2 Å². The van der Waals surface area contributed by atoms with Crippen molar-refractivity contribution in [1.29, 1.82) is 0 Å². The number of halogens is 2. The Bertz CT molecular complexity index is 1200. The minimum atomic E-state index is -3.00. The quantitative estimate of drug-likeness (QED) is 0.281. The average Bonchev–Trinajstić information content (AvgIpc) is 3.54. The number of hydrogen-bond donors (Lipinski definition) is 1. The van der Waals surface area contributed by atoms with Crippen molar-refractivity contribution < 1.29 is 8.78 Å². The lowest BCUT2D eigenvalue weighted by molar-refractivity contribution is -0.0245. The third-order valence-corrected chi connectivity index (χ3v) is 5.98. The van der Waals surface area contributed by atoms with E-state index in [0.29, 0.717) is 37.5 Å². The van der Waals surface area contributed by atoms with Crippen LogP contribution < -0.4 is 0 Å². The first kappa shape index (κ1) is 24.6. The lowest BCUT2D eigenvalue weighted by Gasteiger charge is -2.11. The molecule has 0 atom stereocenters. The molecule has 2 aromatic heterocycles. The molecule has 0 unspecified atom stereocenters. The van der Waals surface area contributed by atoms with E-state index in [-0.39, 0.29) is 12.2 Å². The van der Waals surface area contributed by atoms with Crippen molar-refractivity contribution in [2.75, 3.05) is 0 Å². The second-order valence-corrected chi connectivity index (χ2v) is 8.86. The molecule has 0 aliphatic carbocycles. The molecule has 0 amide bonds. The Morgan fingerprint density at radius 1 is 0.943 bits per heavy atom. The molecule has 35 heavy (non-hydrogen) atoms. The summed E-state index contributed by atoms with van der Waals surface area (Å²) in [5.74, 6) is -2.09. The van der Waals surface area contributed by atoms with Crippen LogP contribution in [-0.2, 0) is 25.3 Å². The van der Waals surface area contributed by atoms with E-state index >= 15 is 0 Å². The normalized spacial score (nSPS) is 11.8. The minimum Gasteiger partial charge on any atom is -0.245 e. The van der Waals surface area contributed by atoms with Crippen molar-refractivity contribution in [2.45, 2.75) is 71.3 Å². The number of hydrogen-bond acceptors (Lipinski definition) is 5. The second kappa shape index (κ2) is 11.3. The number of alkyl halides is 2. The maximum absolute atomic E-state index is 14.6. The van der Waals surface area contributed by atoms with Crippen molar-refractivity contribution in [3.05, 3.63) is 76.9 Å². The van der Waals surface area contributed by atoms with Gasteiger partial charge in [-0.15, -0.1) is 10.2 Å². The second-order valence-electron chi connectivity index (χ2n) is 8.86. The number of unbranched alkanes of at least 4 members (excludes halogenated alkanes) is 2. The number of rotatable bonds is 12. The van der Waals surface area contributed by atoms with Gasteiger partial charge in [0.2, 0.25) is 5.82 Å². The van der Waals surface area contributed by atoms with Gasteiger partial charge in [0.15, 0.2) is 5.82 Å². The highest BCUT2D eigenvalue weighted by molar-refractivity contribution is 5.55. The van der Waals surface area contributed by atoms with E-state index in [1.807, 2.05) is 31.2 Å². The molecule has 0 radical (unpaired) electrons. The summed E-state index contributed by atoms with van der Waals surface area (Å²) in [5, 5.41) is 18.3. The fourth-order valence-electron chi connectivity index (χ4n) is 3.97. The highest BCUT2D eigenvalue weighted by atomic mass is 19.3. The zero-order valence-electron chi connectivity index (χ0n) is 20.2. The number of aromatic nitrogens is 7.